The monoisotopic (exact) mass is 438 g/mol. The summed E-state index contributed by atoms with van der Waals surface area (Å²) in [5.74, 6) is 1.78. The third-order valence-corrected chi connectivity index (χ3v) is 8.63. The van der Waals surface area contributed by atoms with Crippen LogP contribution >= 0.6 is 0 Å². The first-order chi connectivity index (χ1) is 15.4. The molecule has 0 radical (unpaired) electrons. The van der Waals surface area contributed by atoms with Crippen molar-refractivity contribution in [2.45, 2.75) is 58.6 Å². The van der Waals surface area contributed by atoms with Gasteiger partial charge in [0.15, 0.2) is 0 Å². The first-order valence-electron chi connectivity index (χ1n) is 12.4. The molecule has 32 heavy (non-hydrogen) atoms. The maximum Gasteiger partial charge on any atom is 0.311 e. The molecule has 0 bridgehead atoms. The fraction of sp³-hybridized carbons (Fsp3) is 0.667. The van der Waals surface area contributed by atoms with Gasteiger partial charge in [-0.15, -0.1) is 0 Å². The SMILES string of the molecule is COc1cccc(N2CCN(C[C@H]3C(=O)O[C@@H]4C[C@]5(C)CCC[C@@H](C)C5=C[C@H]43)C[C@@H]2C)c1. The molecular weight excluding hydrogens is 400 g/mol. The summed E-state index contributed by atoms with van der Waals surface area (Å²) in [5, 5.41) is 0. The molecule has 2 saturated heterocycles. The highest BCUT2D eigenvalue weighted by molar-refractivity contribution is 5.76. The molecule has 0 spiro atoms. The molecule has 5 rings (SSSR count). The maximum atomic E-state index is 12.9. The molecular formula is C27H38N2O3. The predicted octanol–water partition coefficient (Wildman–Crippen LogP) is 4.52. The van der Waals surface area contributed by atoms with Crippen molar-refractivity contribution in [3.05, 3.63) is 35.9 Å². The van der Waals surface area contributed by atoms with Crippen molar-refractivity contribution in [1.29, 1.82) is 0 Å². The zero-order valence-electron chi connectivity index (χ0n) is 20.0. The Balaban J connectivity index is 1.28. The van der Waals surface area contributed by atoms with E-state index in [9.17, 15) is 4.79 Å². The van der Waals surface area contributed by atoms with Crippen LogP contribution in [0, 0.1) is 23.2 Å². The number of benzene rings is 1. The second-order valence-electron chi connectivity index (χ2n) is 10.8. The number of ether oxygens (including phenoxy) is 2. The number of fused-ring (bicyclic) bond motifs is 2. The number of esters is 1. The minimum atomic E-state index is -0.0262. The van der Waals surface area contributed by atoms with Crippen molar-refractivity contribution in [3.63, 3.8) is 0 Å². The van der Waals surface area contributed by atoms with E-state index in [4.69, 9.17) is 9.47 Å². The van der Waals surface area contributed by atoms with E-state index in [1.165, 1.54) is 24.9 Å². The van der Waals surface area contributed by atoms with Gasteiger partial charge in [0.05, 0.1) is 13.0 Å². The Morgan fingerprint density at radius 1 is 1.25 bits per heavy atom. The van der Waals surface area contributed by atoms with Gasteiger partial charge in [0.1, 0.15) is 11.9 Å². The van der Waals surface area contributed by atoms with Crippen LogP contribution in [0.15, 0.2) is 35.9 Å². The lowest BCUT2D eigenvalue weighted by atomic mass is 9.59. The zero-order valence-corrected chi connectivity index (χ0v) is 20.0. The van der Waals surface area contributed by atoms with Gasteiger partial charge in [0, 0.05) is 49.9 Å². The number of methoxy groups -OCH3 is 1. The Labute approximate surface area is 192 Å². The lowest BCUT2D eigenvalue weighted by molar-refractivity contribution is -0.145. The number of hydrogen-bond donors (Lipinski definition) is 0. The summed E-state index contributed by atoms with van der Waals surface area (Å²) in [6.45, 7) is 10.7. The van der Waals surface area contributed by atoms with E-state index in [2.05, 4.69) is 54.8 Å². The highest BCUT2D eigenvalue weighted by atomic mass is 16.6. The van der Waals surface area contributed by atoms with Crippen molar-refractivity contribution in [1.82, 2.24) is 4.90 Å². The molecule has 2 aliphatic heterocycles. The van der Waals surface area contributed by atoms with Gasteiger partial charge in [0.2, 0.25) is 0 Å². The number of piperazine rings is 1. The molecule has 1 saturated carbocycles. The lowest BCUT2D eigenvalue weighted by Gasteiger charge is -2.46. The summed E-state index contributed by atoms with van der Waals surface area (Å²) in [5.41, 5.74) is 3.04. The number of rotatable bonds is 4. The number of carbonyl (C=O) groups excluding carboxylic acids is 1. The van der Waals surface area contributed by atoms with E-state index in [-0.39, 0.29) is 29.3 Å². The summed E-state index contributed by atoms with van der Waals surface area (Å²) in [4.78, 5) is 17.9. The van der Waals surface area contributed by atoms with Crippen molar-refractivity contribution in [2.75, 3.05) is 38.2 Å². The van der Waals surface area contributed by atoms with Crippen molar-refractivity contribution >= 4 is 11.7 Å². The summed E-state index contributed by atoms with van der Waals surface area (Å²) < 4.78 is 11.4. The van der Waals surface area contributed by atoms with E-state index in [0.29, 0.717) is 12.0 Å². The third-order valence-electron chi connectivity index (χ3n) is 8.63. The van der Waals surface area contributed by atoms with E-state index >= 15 is 0 Å². The normalized spacial score (nSPS) is 37.4. The molecule has 174 valence electrons. The summed E-state index contributed by atoms with van der Waals surface area (Å²) >= 11 is 0. The topological polar surface area (TPSA) is 42.0 Å². The Kier molecular flexibility index (Phi) is 5.73. The van der Waals surface area contributed by atoms with Crippen LogP contribution in [-0.2, 0) is 9.53 Å². The molecule has 2 heterocycles. The van der Waals surface area contributed by atoms with Gasteiger partial charge >= 0.3 is 5.97 Å². The predicted molar refractivity (Wildman–Crippen MR) is 127 cm³/mol. The van der Waals surface area contributed by atoms with Crippen LogP contribution in [-0.4, -0.2) is 56.3 Å². The van der Waals surface area contributed by atoms with Crippen LogP contribution in [0.2, 0.25) is 0 Å². The van der Waals surface area contributed by atoms with Crippen LogP contribution in [0.5, 0.6) is 5.75 Å². The first-order valence-corrected chi connectivity index (χ1v) is 12.4. The molecule has 0 aromatic heterocycles. The minimum absolute atomic E-state index is 0.0228. The molecule has 6 atom stereocenters. The van der Waals surface area contributed by atoms with Crippen LogP contribution in [0.25, 0.3) is 0 Å². The van der Waals surface area contributed by atoms with Gasteiger partial charge in [-0.2, -0.15) is 0 Å². The Bertz CT molecular complexity index is 899. The molecule has 3 fully saturated rings. The quantitative estimate of drug-likeness (QED) is 0.511. The van der Waals surface area contributed by atoms with Crippen molar-refractivity contribution in [3.8, 4) is 5.75 Å². The van der Waals surface area contributed by atoms with Crippen LogP contribution < -0.4 is 9.64 Å². The van der Waals surface area contributed by atoms with E-state index in [0.717, 1.165) is 38.3 Å². The van der Waals surface area contributed by atoms with Crippen LogP contribution in [0.3, 0.4) is 0 Å². The highest BCUT2D eigenvalue weighted by Gasteiger charge is 2.52. The van der Waals surface area contributed by atoms with E-state index in [1.54, 1.807) is 12.7 Å². The molecule has 1 aromatic carbocycles. The zero-order chi connectivity index (χ0) is 22.5. The van der Waals surface area contributed by atoms with Crippen LogP contribution in [0.1, 0.15) is 46.5 Å². The molecule has 1 aromatic rings. The largest absolute Gasteiger partial charge is 0.497 e. The maximum absolute atomic E-state index is 12.9. The number of hydrogen-bond acceptors (Lipinski definition) is 5. The molecule has 5 heteroatoms. The number of allylic oxidation sites excluding steroid dienone is 1. The Hall–Kier alpha value is -2.01. The summed E-state index contributed by atoms with van der Waals surface area (Å²) in [6.07, 6.45) is 7.36. The minimum Gasteiger partial charge on any atom is -0.497 e. The fourth-order valence-electron chi connectivity index (χ4n) is 6.91. The number of carbonyl (C=O) groups is 1. The average Bonchev–Trinajstić information content (AvgIpc) is 3.06. The fourth-order valence-corrected chi connectivity index (χ4v) is 6.91. The summed E-state index contributed by atoms with van der Waals surface area (Å²) in [6, 6.07) is 8.70. The van der Waals surface area contributed by atoms with Gasteiger partial charge < -0.3 is 14.4 Å². The first kappa shape index (κ1) is 21.8. The lowest BCUT2D eigenvalue weighted by Crippen LogP contribution is -2.53. The van der Waals surface area contributed by atoms with Crippen molar-refractivity contribution < 1.29 is 14.3 Å². The molecule has 4 aliphatic rings. The van der Waals surface area contributed by atoms with E-state index < -0.39 is 0 Å². The molecule has 2 aliphatic carbocycles. The van der Waals surface area contributed by atoms with Gasteiger partial charge in [-0.25, -0.2) is 0 Å². The van der Waals surface area contributed by atoms with Gasteiger partial charge in [-0.05, 0) is 49.7 Å². The highest BCUT2D eigenvalue weighted by Crippen LogP contribution is 2.54. The Morgan fingerprint density at radius 2 is 2.09 bits per heavy atom. The number of nitrogens with zero attached hydrogens (tertiary/aromatic N) is 2. The summed E-state index contributed by atoms with van der Waals surface area (Å²) in [7, 11) is 1.71. The standard InChI is InChI=1S/C27H38N2O3/c1-18-7-6-10-27(3)15-25-22(14-24(18)27)23(26(30)32-25)17-28-11-12-29(19(2)16-28)20-8-5-9-21(13-20)31-4/h5,8-9,13-14,18-19,22-23,25H,6-7,10-12,15-17H2,1-4H3/t18-,19+,22+,23-,25-,27+/m1/s1. The molecule has 0 amide bonds. The van der Waals surface area contributed by atoms with Crippen LogP contribution in [0.4, 0.5) is 5.69 Å². The smallest absolute Gasteiger partial charge is 0.311 e. The average molecular weight is 439 g/mol. The second kappa shape index (κ2) is 8.40. The molecule has 0 unspecified atom stereocenters. The Morgan fingerprint density at radius 3 is 2.88 bits per heavy atom. The number of anilines is 1. The second-order valence-corrected chi connectivity index (χ2v) is 10.8. The van der Waals surface area contributed by atoms with Crippen molar-refractivity contribution in [2.24, 2.45) is 23.2 Å². The van der Waals surface area contributed by atoms with Gasteiger partial charge in [0.25, 0.3) is 0 Å². The molecule has 5 nitrogen and oxygen atoms in total. The third kappa shape index (κ3) is 3.83. The van der Waals surface area contributed by atoms with Gasteiger partial charge in [-0.3, -0.25) is 9.69 Å². The van der Waals surface area contributed by atoms with E-state index in [1.807, 2.05) is 6.07 Å². The van der Waals surface area contributed by atoms with Gasteiger partial charge in [-0.1, -0.05) is 38.0 Å². The molecule has 0 N–H and O–H groups in total.